The minimum atomic E-state index is 0. The zero-order chi connectivity index (χ0) is 10.1. The average molecular weight is 245 g/mol. The number of nitrogens with two attached hydrogens (primary N) is 1. The Morgan fingerprint density at radius 3 is 2.80 bits per heavy atom. The van der Waals surface area contributed by atoms with E-state index in [1.807, 2.05) is 19.1 Å². The minimum absolute atomic E-state index is 0. The predicted molar refractivity (Wildman–Crippen MR) is 67.1 cm³/mol. The van der Waals surface area contributed by atoms with Crippen LogP contribution in [0.2, 0.25) is 0 Å². The molecule has 82 valence electrons. The summed E-state index contributed by atoms with van der Waals surface area (Å²) >= 11 is 5.50. The van der Waals surface area contributed by atoms with Crippen LogP contribution in [-0.2, 0) is 6.42 Å². The van der Waals surface area contributed by atoms with Gasteiger partial charge in [-0.1, -0.05) is 24.3 Å². The molecule has 0 saturated heterocycles. The summed E-state index contributed by atoms with van der Waals surface area (Å²) < 4.78 is 3.73. The van der Waals surface area contributed by atoms with Crippen molar-refractivity contribution >= 4 is 29.9 Å². The van der Waals surface area contributed by atoms with E-state index in [4.69, 9.17) is 17.5 Å². The zero-order valence-electron chi connectivity index (χ0n) is 8.48. The summed E-state index contributed by atoms with van der Waals surface area (Å²) in [6.45, 7) is 1.93. The van der Waals surface area contributed by atoms with E-state index >= 15 is 0 Å². The van der Waals surface area contributed by atoms with Crippen molar-refractivity contribution in [2.75, 3.05) is 0 Å². The van der Waals surface area contributed by atoms with Crippen LogP contribution in [0.15, 0.2) is 28.8 Å². The van der Waals surface area contributed by atoms with Crippen molar-refractivity contribution in [3.05, 3.63) is 35.4 Å². The Hall–Kier alpha value is -0.570. The molecule has 1 aliphatic rings. The van der Waals surface area contributed by atoms with Crippen molar-refractivity contribution in [3.8, 4) is 0 Å². The summed E-state index contributed by atoms with van der Waals surface area (Å²) in [6, 6.07) is 8.43. The molecular weight excluding hydrogens is 231 g/mol. The number of halogens is 2. The third-order valence-corrected chi connectivity index (χ3v) is 3.12. The smallest absolute Gasteiger partial charge is 0.0389 e. The fraction of sp³-hybridized carbons (Fsp3) is 0.364. The Labute approximate surface area is 101 Å². The Bertz CT molecular complexity index is 377. The van der Waals surface area contributed by atoms with Gasteiger partial charge in [0.2, 0.25) is 0 Å². The number of hydrogen-bond acceptors (Lipinski definition) is 2. The molecule has 0 aliphatic heterocycles. The van der Waals surface area contributed by atoms with Crippen LogP contribution in [-0.4, -0.2) is 11.8 Å². The SMILES string of the molecule is CC(=NCl)C1c2ccccc2CC1N.Cl. The van der Waals surface area contributed by atoms with Gasteiger partial charge in [0.1, 0.15) is 0 Å². The highest BCUT2D eigenvalue weighted by atomic mass is 35.5. The van der Waals surface area contributed by atoms with Gasteiger partial charge in [0, 0.05) is 29.4 Å². The average Bonchev–Trinajstić information content (AvgIpc) is 2.53. The van der Waals surface area contributed by atoms with Crippen molar-refractivity contribution in [1.29, 1.82) is 0 Å². The molecule has 2 N–H and O–H groups in total. The third-order valence-electron chi connectivity index (χ3n) is 2.86. The summed E-state index contributed by atoms with van der Waals surface area (Å²) in [4.78, 5) is 0. The number of hydrogen-bond donors (Lipinski definition) is 1. The molecule has 2 nitrogen and oxygen atoms in total. The van der Waals surface area contributed by atoms with Crippen LogP contribution in [0, 0.1) is 0 Å². The van der Waals surface area contributed by atoms with E-state index in [-0.39, 0.29) is 24.4 Å². The first-order chi connectivity index (χ1) is 6.74. The van der Waals surface area contributed by atoms with Gasteiger partial charge in [0.15, 0.2) is 0 Å². The second-order valence-electron chi connectivity index (χ2n) is 3.77. The van der Waals surface area contributed by atoms with Crippen LogP contribution in [0.25, 0.3) is 0 Å². The molecule has 0 heterocycles. The van der Waals surface area contributed by atoms with E-state index in [2.05, 4.69) is 16.6 Å². The zero-order valence-corrected chi connectivity index (χ0v) is 10.1. The largest absolute Gasteiger partial charge is 0.326 e. The maximum absolute atomic E-state index is 6.07. The van der Waals surface area contributed by atoms with E-state index in [1.54, 1.807) is 0 Å². The highest BCUT2D eigenvalue weighted by Crippen LogP contribution is 2.33. The molecule has 0 radical (unpaired) electrons. The fourth-order valence-electron chi connectivity index (χ4n) is 2.21. The molecule has 0 amide bonds. The first-order valence-corrected chi connectivity index (χ1v) is 5.06. The lowest BCUT2D eigenvalue weighted by Gasteiger charge is -2.15. The second-order valence-corrected chi connectivity index (χ2v) is 3.94. The molecule has 0 fully saturated rings. The maximum atomic E-state index is 6.07. The Morgan fingerprint density at radius 2 is 2.13 bits per heavy atom. The van der Waals surface area contributed by atoms with Gasteiger partial charge in [-0.05, 0) is 24.5 Å². The van der Waals surface area contributed by atoms with E-state index in [1.165, 1.54) is 11.1 Å². The van der Waals surface area contributed by atoms with Gasteiger partial charge in [-0.2, -0.15) is 4.51 Å². The monoisotopic (exact) mass is 244 g/mol. The highest BCUT2D eigenvalue weighted by molar-refractivity contribution is 6.20. The van der Waals surface area contributed by atoms with Crippen LogP contribution in [0.4, 0.5) is 0 Å². The van der Waals surface area contributed by atoms with Crippen molar-refractivity contribution < 1.29 is 0 Å². The molecule has 1 aromatic carbocycles. The summed E-state index contributed by atoms with van der Waals surface area (Å²) in [5, 5.41) is 0. The third kappa shape index (κ3) is 2.17. The topological polar surface area (TPSA) is 38.4 Å². The van der Waals surface area contributed by atoms with Gasteiger partial charge in [-0.15, -0.1) is 12.4 Å². The number of nitrogens with zero attached hydrogens (tertiary/aromatic N) is 1. The Morgan fingerprint density at radius 1 is 1.47 bits per heavy atom. The molecular formula is C11H14Cl2N2. The number of fused-ring (bicyclic) bond motifs is 1. The lowest BCUT2D eigenvalue weighted by molar-refractivity contribution is 0.680. The summed E-state index contributed by atoms with van der Waals surface area (Å²) in [5.74, 6) is 0.198. The van der Waals surface area contributed by atoms with Crippen molar-refractivity contribution in [1.82, 2.24) is 0 Å². The second kappa shape index (κ2) is 4.97. The van der Waals surface area contributed by atoms with E-state index in [0.29, 0.717) is 0 Å². The molecule has 0 bridgehead atoms. The summed E-state index contributed by atoms with van der Waals surface area (Å²) in [6.07, 6.45) is 0.921. The Balaban J connectivity index is 0.00000112. The van der Waals surface area contributed by atoms with E-state index in [0.717, 1.165) is 12.1 Å². The molecule has 0 spiro atoms. The molecule has 2 rings (SSSR count). The molecule has 1 aliphatic carbocycles. The standard InChI is InChI=1S/C11H13ClN2.ClH/c1-7(14-12)11-9-5-3-2-4-8(9)6-10(11)13;/h2-5,10-11H,6,13H2,1H3;1H. The maximum Gasteiger partial charge on any atom is 0.0389 e. The van der Waals surface area contributed by atoms with Crippen LogP contribution < -0.4 is 5.73 Å². The van der Waals surface area contributed by atoms with Gasteiger partial charge in [-0.25, -0.2) is 0 Å². The lowest BCUT2D eigenvalue weighted by atomic mass is 9.94. The fourth-order valence-corrected chi connectivity index (χ4v) is 2.32. The van der Waals surface area contributed by atoms with Gasteiger partial charge in [0.05, 0.1) is 0 Å². The van der Waals surface area contributed by atoms with Crippen molar-refractivity contribution in [3.63, 3.8) is 0 Å². The summed E-state index contributed by atoms with van der Waals surface area (Å²) in [7, 11) is 0. The lowest BCUT2D eigenvalue weighted by Crippen LogP contribution is -2.29. The normalized spacial score (nSPS) is 24.6. The van der Waals surface area contributed by atoms with Crippen LogP contribution in [0.3, 0.4) is 0 Å². The van der Waals surface area contributed by atoms with Crippen molar-refractivity contribution in [2.24, 2.45) is 10.2 Å². The predicted octanol–water partition coefficient (Wildman–Crippen LogP) is 2.69. The quantitative estimate of drug-likeness (QED) is 0.759. The molecule has 0 saturated carbocycles. The highest BCUT2D eigenvalue weighted by Gasteiger charge is 2.31. The molecule has 15 heavy (non-hydrogen) atoms. The van der Waals surface area contributed by atoms with Gasteiger partial charge < -0.3 is 5.73 Å². The molecule has 4 heteroatoms. The van der Waals surface area contributed by atoms with Crippen LogP contribution in [0.1, 0.15) is 24.0 Å². The molecule has 2 unspecified atom stereocenters. The number of rotatable bonds is 1. The molecule has 0 aromatic heterocycles. The minimum Gasteiger partial charge on any atom is -0.326 e. The molecule has 2 atom stereocenters. The van der Waals surface area contributed by atoms with Crippen LogP contribution in [0.5, 0.6) is 0 Å². The first kappa shape index (κ1) is 12.5. The van der Waals surface area contributed by atoms with Gasteiger partial charge in [0.25, 0.3) is 0 Å². The van der Waals surface area contributed by atoms with E-state index < -0.39 is 0 Å². The van der Waals surface area contributed by atoms with Crippen LogP contribution >= 0.6 is 24.2 Å². The van der Waals surface area contributed by atoms with Gasteiger partial charge >= 0.3 is 0 Å². The van der Waals surface area contributed by atoms with Crippen molar-refractivity contribution in [2.45, 2.75) is 25.3 Å². The van der Waals surface area contributed by atoms with Gasteiger partial charge in [-0.3, -0.25) is 0 Å². The Kier molecular flexibility index (Phi) is 4.14. The van der Waals surface area contributed by atoms with E-state index in [9.17, 15) is 0 Å². The first-order valence-electron chi connectivity index (χ1n) is 4.73. The number of benzene rings is 1. The molecule has 1 aromatic rings. The summed E-state index contributed by atoms with van der Waals surface area (Å²) in [5.41, 5.74) is 9.58.